The number of hydrogen-bond donors (Lipinski definition) is 2. The van der Waals surface area contributed by atoms with Crippen molar-refractivity contribution < 1.29 is 14.6 Å². The summed E-state index contributed by atoms with van der Waals surface area (Å²) in [5.41, 5.74) is 1.78. The molecule has 3 aromatic rings. The van der Waals surface area contributed by atoms with Gasteiger partial charge in [-0.2, -0.15) is 0 Å². The number of amides is 1. The molecule has 1 amide bonds. The van der Waals surface area contributed by atoms with Gasteiger partial charge in [0.05, 0.1) is 12.6 Å². The van der Waals surface area contributed by atoms with Crippen LogP contribution in [0.25, 0.3) is 17.0 Å². The molecule has 3 rings (SSSR count). The van der Waals surface area contributed by atoms with E-state index in [0.717, 1.165) is 11.1 Å². The fourth-order valence-electron chi connectivity index (χ4n) is 2.26. The number of nitrogens with zero attached hydrogens (tertiary/aromatic N) is 2. The summed E-state index contributed by atoms with van der Waals surface area (Å²) in [4.78, 5) is 14.6. The van der Waals surface area contributed by atoms with Crippen molar-refractivity contribution >= 4 is 28.6 Å². The molecule has 1 aromatic heterocycles. The Morgan fingerprint density at radius 2 is 2.04 bits per heavy atom. The minimum atomic E-state index is -0.525. The van der Waals surface area contributed by atoms with E-state index in [9.17, 15) is 9.90 Å². The number of carbonyl (C=O) groups is 1. The Labute approximate surface area is 138 Å². The van der Waals surface area contributed by atoms with Gasteiger partial charge in [0.15, 0.2) is 5.69 Å². The molecular formula is C18H15N3O3. The molecule has 0 fully saturated rings. The van der Waals surface area contributed by atoms with Crippen molar-refractivity contribution in [3.8, 4) is 11.6 Å². The molecule has 0 unspecified atom stereocenters. The Bertz CT molecular complexity index is 942. The molecule has 24 heavy (non-hydrogen) atoms. The van der Waals surface area contributed by atoms with Gasteiger partial charge in [-0.3, -0.25) is 4.79 Å². The number of nitrogens with one attached hydrogen (secondary N) is 1. The highest BCUT2D eigenvalue weighted by Gasteiger charge is 2.09. The number of para-hydroxylation sites is 1. The van der Waals surface area contributed by atoms with E-state index in [1.807, 2.05) is 30.3 Å². The molecule has 0 saturated heterocycles. The van der Waals surface area contributed by atoms with Crippen LogP contribution in [0.5, 0.6) is 11.6 Å². The molecule has 2 N–H and O–H groups in total. The highest BCUT2D eigenvalue weighted by atomic mass is 16.5. The molecule has 6 heteroatoms. The minimum absolute atomic E-state index is 0.121. The van der Waals surface area contributed by atoms with E-state index in [0.29, 0.717) is 11.1 Å². The molecule has 0 radical (unpaired) electrons. The van der Waals surface area contributed by atoms with Gasteiger partial charge >= 0.3 is 0 Å². The van der Waals surface area contributed by atoms with E-state index in [4.69, 9.17) is 4.74 Å². The average molecular weight is 321 g/mol. The highest BCUT2D eigenvalue weighted by molar-refractivity contribution is 5.95. The largest absolute Gasteiger partial charge is 0.497 e. The summed E-state index contributed by atoms with van der Waals surface area (Å²) >= 11 is 0. The summed E-state index contributed by atoms with van der Waals surface area (Å²) in [6, 6.07) is 14.5. The van der Waals surface area contributed by atoms with E-state index in [1.165, 1.54) is 6.08 Å². The van der Waals surface area contributed by atoms with Gasteiger partial charge in [-0.1, -0.05) is 30.3 Å². The number of hydrogen-bond acceptors (Lipinski definition) is 4. The third-order valence-corrected chi connectivity index (χ3v) is 3.42. The summed E-state index contributed by atoms with van der Waals surface area (Å²) < 4.78 is 5.12. The second-order valence-corrected chi connectivity index (χ2v) is 5.02. The first-order chi connectivity index (χ1) is 11.7. The zero-order chi connectivity index (χ0) is 16.9. The fraction of sp³-hybridized carbons (Fsp3) is 0.0556. The number of azo groups is 1. The van der Waals surface area contributed by atoms with Gasteiger partial charge in [0.25, 0.3) is 5.91 Å². The zero-order valence-electron chi connectivity index (χ0n) is 12.9. The van der Waals surface area contributed by atoms with Crippen LogP contribution in [-0.4, -0.2) is 23.1 Å². The Hall–Kier alpha value is -3.41. The van der Waals surface area contributed by atoms with Gasteiger partial charge in [-0.15, -0.1) is 10.2 Å². The maximum absolute atomic E-state index is 11.8. The number of rotatable bonds is 4. The number of H-pyrrole nitrogens is 1. The maximum atomic E-state index is 11.8. The highest BCUT2D eigenvalue weighted by Crippen LogP contribution is 2.35. The molecule has 0 spiro atoms. The summed E-state index contributed by atoms with van der Waals surface area (Å²) in [5, 5.41) is 18.0. The van der Waals surface area contributed by atoms with Crippen LogP contribution >= 0.6 is 0 Å². The minimum Gasteiger partial charge on any atom is -0.497 e. The number of aromatic hydroxyl groups is 1. The number of benzene rings is 2. The van der Waals surface area contributed by atoms with Gasteiger partial charge in [0.2, 0.25) is 5.88 Å². The molecule has 6 nitrogen and oxygen atoms in total. The van der Waals surface area contributed by atoms with Crippen molar-refractivity contribution in [3.63, 3.8) is 0 Å². The summed E-state index contributed by atoms with van der Waals surface area (Å²) in [7, 11) is 1.58. The lowest BCUT2D eigenvalue weighted by Crippen LogP contribution is -1.85. The van der Waals surface area contributed by atoms with E-state index in [-0.39, 0.29) is 11.6 Å². The SMILES string of the molecule is COc1cccc(/C=C/C(=O)N=Nc2c(O)[nH]c3ccccc23)c1. The fourth-order valence-corrected chi connectivity index (χ4v) is 2.26. The Kier molecular flexibility index (Phi) is 4.38. The first kappa shape index (κ1) is 15.5. The smallest absolute Gasteiger partial charge is 0.288 e. The quantitative estimate of drug-likeness (QED) is 0.557. The lowest BCUT2D eigenvalue weighted by atomic mass is 10.2. The predicted molar refractivity (Wildman–Crippen MR) is 91.5 cm³/mol. The van der Waals surface area contributed by atoms with Crippen LogP contribution in [0.4, 0.5) is 5.69 Å². The number of fused-ring (bicyclic) bond motifs is 1. The third kappa shape index (κ3) is 3.33. The van der Waals surface area contributed by atoms with Crippen molar-refractivity contribution in [2.75, 3.05) is 7.11 Å². The molecule has 0 aliphatic carbocycles. The van der Waals surface area contributed by atoms with Gasteiger partial charge < -0.3 is 14.8 Å². The lowest BCUT2D eigenvalue weighted by molar-refractivity contribution is -0.113. The molecular weight excluding hydrogens is 306 g/mol. The normalized spacial score (nSPS) is 11.5. The number of methoxy groups -OCH3 is 1. The molecule has 0 saturated carbocycles. The van der Waals surface area contributed by atoms with Gasteiger partial charge in [-0.25, -0.2) is 0 Å². The second-order valence-electron chi connectivity index (χ2n) is 5.02. The summed E-state index contributed by atoms with van der Waals surface area (Å²) in [5.74, 6) is 0.0574. The second kappa shape index (κ2) is 6.78. The van der Waals surface area contributed by atoms with Crippen LogP contribution in [0.15, 0.2) is 64.8 Å². The zero-order valence-corrected chi connectivity index (χ0v) is 12.9. The molecule has 120 valence electrons. The van der Waals surface area contributed by atoms with Crippen LogP contribution in [-0.2, 0) is 4.79 Å². The predicted octanol–water partition coefficient (Wildman–Crippen LogP) is 4.21. The summed E-state index contributed by atoms with van der Waals surface area (Å²) in [6.07, 6.45) is 2.93. The van der Waals surface area contributed by atoms with Gasteiger partial charge in [0.1, 0.15) is 5.75 Å². The first-order valence-corrected chi connectivity index (χ1v) is 7.25. The van der Waals surface area contributed by atoms with Crippen molar-refractivity contribution in [1.82, 2.24) is 4.98 Å². The van der Waals surface area contributed by atoms with Crippen molar-refractivity contribution in [2.45, 2.75) is 0 Å². The summed E-state index contributed by atoms with van der Waals surface area (Å²) in [6.45, 7) is 0. The molecule has 0 atom stereocenters. The standard InChI is InChI=1S/C18H15N3O3/c1-24-13-6-4-5-12(11-13)9-10-16(22)20-21-17-14-7-2-3-8-15(14)19-18(17)23/h2-11,19,23H,1H3/b10-9+,21-20?. The van der Waals surface area contributed by atoms with Crippen molar-refractivity contribution in [2.24, 2.45) is 10.2 Å². The van der Waals surface area contributed by atoms with Crippen LogP contribution in [0, 0.1) is 0 Å². The molecule has 0 aliphatic heterocycles. The van der Waals surface area contributed by atoms with E-state index in [1.54, 1.807) is 31.4 Å². The number of aromatic nitrogens is 1. The topological polar surface area (TPSA) is 87.0 Å². The van der Waals surface area contributed by atoms with Crippen LogP contribution in [0.2, 0.25) is 0 Å². The van der Waals surface area contributed by atoms with Crippen LogP contribution in [0.1, 0.15) is 5.56 Å². The molecule has 1 heterocycles. The van der Waals surface area contributed by atoms with Crippen molar-refractivity contribution in [1.29, 1.82) is 0 Å². The Morgan fingerprint density at radius 1 is 1.21 bits per heavy atom. The van der Waals surface area contributed by atoms with Crippen molar-refractivity contribution in [3.05, 3.63) is 60.2 Å². The average Bonchev–Trinajstić information content (AvgIpc) is 2.93. The lowest BCUT2D eigenvalue weighted by Gasteiger charge is -1.99. The Balaban J connectivity index is 1.77. The number of aromatic amines is 1. The Morgan fingerprint density at radius 3 is 2.88 bits per heavy atom. The number of ether oxygens (including phenoxy) is 1. The molecule has 0 bridgehead atoms. The van der Waals surface area contributed by atoms with Gasteiger partial charge in [-0.05, 0) is 29.8 Å². The van der Waals surface area contributed by atoms with E-state index in [2.05, 4.69) is 15.2 Å². The van der Waals surface area contributed by atoms with E-state index < -0.39 is 5.91 Å². The molecule has 2 aromatic carbocycles. The van der Waals surface area contributed by atoms with Gasteiger partial charge in [0, 0.05) is 11.5 Å². The van der Waals surface area contributed by atoms with Crippen LogP contribution in [0.3, 0.4) is 0 Å². The van der Waals surface area contributed by atoms with Crippen LogP contribution < -0.4 is 4.74 Å². The molecule has 0 aliphatic rings. The maximum Gasteiger partial charge on any atom is 0.288 e. The van der Waals surface area contributed by atoms with E-state index >= 15 is 0 Å². The monoisotopic (exact) mass is 321 g/mol. The number of carbonyl (C=O) groups excluding carboxylic acids is 1. The first-order valence-electron chi connectivity index (χ1n) is 7.25. The third-order valence-electron chi connectivity index (χ3n) is 3.42.